The number of benzene rings is 1. The number of sulfonamides is 1. The summed E-state index contributed by atoms with van der Waals surface area (Å²) in [6.07, 6.45) is 1.58. The molecule has 1 aromatic carbocycles. The zero-order valence-electron chi connectivity index (χ0n) is 12.2. The Balaban J connectivity index is 2.28. The third kappa shape index (κ3) is 3.52. The molecule has 0 saturated heterocycles. The fourth-order valence-electron chi connectivity index (χ4n) is 1.90. The first-order valence-corrected chi connectivity index (χ1v) is 8.99. The van der Waals surface area contributed by atoms with Crippen LogP contribution in [-0.4, -0.2) is 41.6 Å². The Hall–Kier alpha value is -1.77. The molecule has 0 bridgehead atoms. The van der Waals surface area contributed by atoms with E-state index in [0.29, 0.717) is 15.4 Å². The topological polar surface area (TPSA) is 87.6 Å². The van der Waals surface area contributed by atoms with Crippen LogP contribution in [0.25, 0.3) is 10.4 Å². The lowest BCUT2D eigenvalue weighted by Crippen LogP contribution is -2.27. The average Bonchev–Trinajstić information content (AvgIpc) is 2.95. The van der Waals surface area contributed by atoms with Crippen LogP contribution in [0, 0.1) is 0 Å². The second-order valence-corrected chi connectivity index (χ2v) is 8.11. The van der Waals surface area contributed by atoms with E-state index in [-0.39, 0.29) is 17.9 Å². The van der Waals surface area contributed by atoms with E-state index < -0.39 is 16.0 Å². The maximum Gasteiger partial charge on any atom is 0.336 e. The van der Waals surface area contributed by atoms with Gasteiger partial charge in [-0.25, -0.2) is 18.2 Å². The number of carboxylic acids is 1. The quantitative estimate of drug-likeness (QED) is 0.872. The highest BCUT2D eigenvalue weighted by atomic mass is 32.2. The molecule has 118 valence electrons. The molecule has 2 aromatic rings. The van der Waals surface area contributed by atoms with E-state index in [2.05, 4.69) is 4.98 Å². The minimum Gasteiger partial charge on any atom is -0.478 e. The van der Waals surface area contributed by atoms with Gasteiger partial charge in [0.2, 0.25) is 10.0 Å². The number of hydrogen-bond acceptors (Lipinski definition) is 5. The second-order valence-electron chi connectivity index (χ2n) is 4.63. The minimum atomic E-state index is -3.27. The smallest absolute Gasteiger partial charge is 0.336 e. The zero-order valence-corrected chi connectivity index (χ0v) is 13.8. The normalized spacial score (nSPS) is 11.8. The Labute approximate surface area is 133 Å². The zero-order chi connectivity index (χ0) is 16.3. The minimum absolute atomic E-state index is 0.0313. The van der Waals surface area contributed by atoms with Crippen molar-refractivity contribution < 1.29 is 18.3 Å². The molecule has 0 aliphatic carbocycles. The van der Waals surface area contributed by atoms with Gasteiger partial charge in [0.15, 0.2) is 0 Å². The van der Waals surface area contributed by atoms with Crippen LogP contribution in [0.4, 0.5) is 0 Å². The van der Waals surface area contributed by atoms with Gasteiger partial charge < -0.3 is 5.11 Å². The molecule has 0 radical (unpaired) electrons. The Kier molecular flexibility index (Phi) is 4.94. The molecule has 22 heavy (non-hydrogen) atoms. The van der Waals surface area contributed by atoms with E-state index >= 15 is 0 Å². The second kappa shape index (κ2) is 6.55. The lowest BCUT2D eigenvalue weighted by molar-refractivity contribution is 0.0697. The van der Waals surface area contributed by atoms with E-state index in [9.17, 15) is 18.3 Å². The average molecular weight is 340 g/mol. The molecule has 6 nitrogen and oxygen atoms in total. The molecule has 0 unspecified atom stereocenters. The van der Waals surface area contributed by atoms with Crippen molar-refractivity contribution in [2.24, 2.45) is 0 Å². The van der Waals surface area contributed by atoms with Crippen molar-refractivity contribution in [1.82, 2.24) is 9.29 Å². The van der Waals surface area contributed by atoms with Crippen LogP contribution in [0.3, 0.4) is 0 Å². The van der Waals surface area contributed by atoms with Crippen molar-refractivity contribution in [2.45, 2.75) is 13.5 Å². The molecule has 1 heterocycles. The highest BCUT2D eigenvalue weighted by molar-refractivity contribution is 7.89. The van der Waals surface area contributed by atoms with Crippen LogP contribution in [0.2, 0.25) is 0 Å². The van der Waals surface area contributed by atoms with Crippen LogP contribution >= 0.6 is 11.3 Å². The third-order valence-electron chi connectivity index (χ3n) is 3.17. The summed E-state index contributed by atoms with van der Waals surface area (Å²) < 4.78 is 24.7. The molecule has 0 atom stereocenters. The fraction of sp³-hybridized carbons (Fsp3) is 0.286. The van der Waals surface area contributed by atoms with Crippen molar-refractivity contribution in [1.29, 1.82) is 0 Å². The highest BCUT2D eigenvalue weighted by Gasteiger charge is 2.18. The Bertz CT molecular complexity index is 784. The lowest BCUT2D eigenvalue weighted by Gasteiger charge is -2.13. The van der Waals surface area contributed by atoms with Crippen LogP contribution in [0.5, 0.6) is 0 Å². The first-order valence-electron chi connectivity index (χ1n) is 6.56. The summed E-state index contributed by atoms with van der Waals surface area (Å²) in [6, 6.07) is 6.67. The van der Waals surface area contributed by atoms with E-state index in [1.54, 1.807) is 31.3 Å². The van der Waals surface area contributed by atoms with Gasteiger partial charge in [-0.2, -0.15) is 4.31 Å². The fourth-order valence-corrected chi connectivity index (χ4v) is 3.75. The van der Waals surface area contributed by atoms with Crippen molar-refractivity contribution in [3.05, 3.63) is 41.0 Å². The van der Waals surface area contributed by atoms with Crippen LogP contribution in [0.1, 0.15) is 22.3 Å². The van der Waals surface area contributed by atoms with Gasteiger partial charge in [-0.15, -0.1) is 11.3 Å². The monoisotopic (exact) mass is 340 g/mol. The summed E-state index contributed by atoms with van der Waals surface area (Å²) in [5, 5.41) is 9.83. The van der Waals surface area contributed by atoms with E-state index in [0.717, 1.165) is 0 Å². The van der Waals surface area contributed by atoms with E-state index in [1.807, 2.05) is 0 Å². The Morgan fingerprint density at radius 3 is 2.68 bits per heavy atom. The van der Waals surface area contributed by atoms with Crippen LogP contribution in [0.15, 0.2) is 30.5 Å². The van der Waals surface area contributed by atoms with Crippen LogP contribution < -0.4 is 0 Å². The SMILES string of the molecule is CCS(=O)(=O)N(C)Cc1ncc(-c2ccccc2C(=O)O)s1. The van der Waals surface area contributed by atoms with E-state index in [4.69, 9.17) is 0 Å². The van der Waals surface area contributed by atoms with Crippen molar-refractivity contribution in [3.63, 3.8) is 0 Å². The number of aromatic carboxylic acids is 1. The van der Waals surface area contributed by atoms with Gasteiger partial charge in [-0.1, -0.05) is 18.2 Å². The van der Waals surface area contributed by atoms with Crippen molar-refractivity contribution >= 4 is 27.3 Å². The van der Waals surface area contributed by atoms with Gasteiger partial charge in [0.1, 0.15) is 5.01 Å². The van der Waals surface area contributed by atoms with Gasteiger partial charge >= 0.3 is 5.97 Å². The number of aromatic nitrogens is 1. The molecular weight excluding hydrogens is 324 g/mol. The molecule has 0 aliphatic rings. The number of nitrogens with zero attached hydrogens (tertiary/aromatic N) is 2. The molecular formula is C14H16N2O4S2. The molecule has 0 saturated carbocycles. The molecule has 8 heteroatoms. The number of rotatable bonds is 6. The third-order valence-corrected chi connectivity index (χ3v) is 6.00. The molecule has 0 aliphatic heterocycles. The summed E-state index contributed by atoms with van der Waals surface area (Å²) >= 11 is 1.29. The lowest BCUT2D eigenvalue weighted by atomic mass is 10.1. The first kappa shape index (κ1) is 16.6. The number of carbonyl (C=O) groups is 1. The largest absolute Gasteiger partial charge is 0.478 e. The molecule has 0 fully saturated rings. The van der Waals surface area contributed by atoms with E-state index in [1.165, 1.54) is 28.8 Å². The Morgan fingerprint density at radius 1 is 1.36 bits per heavy atom. The maximum atomic E-state index is 11.7. The number of carboxylic acid groups (broad SMARTS) is 1. The molecule has 0 amide bonds. The summed E-state index contributed by atoms with van der Waals surface area (Å²) in [7, 11) is -1.76. The molecule has 0 spiro atoms. The summed E-state index contributed by atoms with van der Waals surface area (Å²) in [6.45, 7) is 1.76. The molecule has 1 N–H and O–H groups in total. The van der Waals surface area contributed by atoms with Crippen molar-refractivity contribution in [2.75, 3.05) is 12.8 Å². The van der Waals surface area contributed by atoms with Gasteiger partial charge in [-0.3, -0.25) is 0 Å². The predicted octanol–water partition coefficient (Wildman–Crippen LogP) is 2.29. The predicted molar refractivity (Wildman–Crippen MR) is 85.4 cm³/mol. The van der Waals surface area contributed by atoms with Gasteiger partial charge in [0.05, 0.1) is 22.7 Å². The van der Waals surface area contributed by atoms with Crippen LogP contribution in [-0.2, 0) is 16.6 Å². The highest BCUT2D eigenvalue weighted by Crippen LogP contribution is 2.29. The standard InChI is InChI=1S/C14H16N2O4S2/c1-3-22(19,20)16(2)9-13-15-8-12(21-13)10-6-4-5-7-11(10)14(17)18/h4-8H,3,9H2,1-2H3,(H,17,18). The van der Waals surface area contributed by atoms with Gasteiger partial charge in [0, 0.05) is 18.8 Å². The van der Waals surface area contributed by atoms with Crippen molar-refractivity contribution in [3.8, 4) is 10.4 Å². The summed E-state index contributed by atoms with van der Waals surface area (Å²) in [5.74, 6) is -0.972. The summed E-state index contributed by atoms with van der Waals surface area (Å²) in [5.41, 5.74) is 0.784. The number of hydrogen-bond donors (Lipinski definition) is 1. The summed E-state index contributed by atoms with van der Waals surface area (Å²) in [4.78, 5) is 16.2. The first-order chi connectivity index (χ1) is 10.3. The van der Waals surface area contributed by atoms with Gasteiger partial charge in [-0.05, 0) is 13.0 Å². The molecule has 1 aromatic heterocycles. The molecule has 2 rings (SSSR count). The maximum absolute atomic E-state index is 11.7. The number of thiazole rings is 1. The Morgan fingerprint density at radius 2 is 2.05 bits per heavy atom. The van der Waals surface area contributed by atoms with Gasteiger partial charge in [0.25, 0.3) is 0 Å².